The summed E-state index contributed by atoms with van der Waals surface area (Å²) in [6, 6.07) is 3.88. The number of hydrogen-bond donors (Lipinski definition) is 0. The molecule has 6 nitrogen and oxygen atoms in total. The van der Waals surface area contributed by atoms with Crippen LogP contribution in [0.3, 0.4) is 0 Å². The lowest BCUT2D eigenvalue weighted by atomic mass is 10.0. The number of methoxy groups -OCH3 is 1. The van der Waals surface area contributed by atoms with E-state index >= 15 is 0 Å². The van der Waals surface area contributed by atoms with E-state index in [0.29, 0.717) is 0 Å². The number of halogens is 1. The number of carbonyl (C=O) groups is 1. The number of ether oxygens (including phenoxy) is 1. The van der Waals surface area contributed by atoms with Crippen molar-refractivity contribution >= 4 is 23.3 Å². The summed E-state index contributed by atoms with van der Waals surface area (Å²) < 4.78 is 4.48. The molecule has 0 atom stereocenters. The maximum absolute atomic E-state index is 11.4. The van der Waals surface area contributed by atoms with E-state index in [0.717, 1.165) is 19.2 Å². The maximum Gasteiger partial charge on any atom is 0.338 e. The zero-order valence-electron chi connectivity index (χ0n) is 8.77. The molecule has 0 bridgehead atoms. The van der Waals surface area contributed by atoms with Crippen molar-refractivity contribution in [3.8, 4) is 6.07 Å². The van der Waals surface area contributed by atoms with Gasteiger partial charge in [-0.05, 0) is 5.56 Å². The summed E-state index contributed by atoms with van der Waals surface area (Å²) in [5, 5.41) is 19.5. The van der Waals surface area contributed by atoms with E-state index < -0.39 is 10.9 Å². The Bertz CT molecular complexity index is 522. The lowest BCUT2D eigenvalue weighted by Gasteiger charge is -2.06. The third-order valence-electron chi connectivity index (χ3n) is 2.10. The first kappa shape index (κ1) is 12.9. The van der Waals surface area contributed by atoms with Gasteiger partial charge in [0.15, 0.2) is 0 Å². The monoisotopic (exact) mass is 254 g/mol. The maximum atomic E-state index is 11.4. The summed E-state index contributed by atoms with van der Waals surface area (Å²) in [4.78, 5) is 21.4. The molecule has 88 valence electrons. The highest BCUT2D eigenvalue weighted by Crippen LogP contribution is 2.24. The van der Waals surface area contributed by atoms with Gasteiger partial charge in [-0.2, -0.15) is 5.26 Å². The smallest absolute Gasteiger partial charge is 0.338 e. The lowest BCUT2D eigenvalue weighted by molar-refractivity contribution is -0.384. The van der Waals surface area contributed by atoms with Crippen molar-refractivity contribution in [2.75, 3.05) is 7.11 Å². The Morgan fingerprint density at radius 3 is 2.71 bits per heavy atom. The van der Waals surface area contributed by atoms with Gasteiger partial charge in [0.1, 0.15) is 0 Å². The molecular weight excluding hydrogens is 248 g/mol. The minimum atomic E-state index is -0.763. The molecule has 0 heterocycles. The highest BCUT2D eigenvalue weighted by molar-refractivity contribution is 6.18. The normalized spacial score (nSPS) is 9.47. The van der Waals surface area contributed by atoms with Crippen LogP contribution in [-0.4, -0.2) is 18.0 Å². The van der Waals surface area contributed by atoms with Crippen LogP contribution < -0.4 is 0 Å². The third kappa shape index (κ3) is 2.52. The highest BCUT2D eigenvalue weighted by Gasteiger charge is 2.20. The van der Waals surface area contributed by atoms with Gasteiger partial charge >= 0.3 is 5.97 Å². The van der Waals surface area contributed by atoms with E-state index in [1.807, 2.05) is 0 Å². The number of esters is 1. The predicted octanol–water partition coefficient (Wildman–Crippen LogP) is 1.99. The quantitative estimate of drug-likeness (QED) is 0.356. The first-order chi connectivity index (χ1) is 8.04. The minimum Gasteiger partial charge on any atom is -0.465 e. The second kappa shape index (κ2) is 5.27. The molecule has 1 aromatic rings. The second-order valence-corrected chi connectivity index (χ2v) is 3.28. The highest BCUT2D eigenvalue weighted by atomic mass is 35.5. The van der Waals surface area contributed by atoms with Gasteiger partial charge in [-0.25, -0.2) is 4.79 Å². The molecule has 1 aromatic carbocycles. The van der Waals surface area contributed by atoms with E-state index in [4.69, 9.17) is 16.9 Å². The molecule has 0 spiro atoms. The van der Waals surface area contributed by atoms with Crippen molar-refractivity contribution in [3.05, 3.63) is 38.9 Å². The van der Waals surface area contributed by atoms with Gasteiger partial charge in [-0.15, -0.1) is 11.6 Å². The summed E-state index contributed by atoms with van der Waals surface area (Å²) in [5.74, 6) is -0.869. The molecule has 1 rings (SSSR count). The van der Waals surface area contributed by atoms with E-state index in [1.165, 1.54) is 0 Å². The molecule has 0 aromatic heterocycles. The van der Waals surface area contributed by atoms with Crippen LogP contribution in [0.4, 0.5) is 5.69 Å². The molecule has 0 saturated carbocycles. The Morgan fingerprint density at radius 1 is 1.65 bits per heavy atom. The van der Waals surface area contributed by atoms with Crippen LogP contribution in [0.25, 0.3) is 0 Å². The number of nitrogens with zero attached hydrogens (tertiary/aromatic N) is 2. The van der Waals surface area contributed by atoms with Gasteiger partial charge in [-0.3, -0.25) is 10.1 Å². The summed E-state index contributed by atoms with van der Waals surface area (Å²) >= 11 is 5.62. The molecule has 0 aliphatic carbocycles. The number of alkyl halides is 1. The van der Waals surface area contributed by atoms with Crippen LogP contribution in [0.1, 0.15) is 21.5 Å². The largest absolute Gasteiger partial charge is 0.465 e. The Hall–Kier alpha value is -2.13. The fraction of sp³-hybridized carbons (Fsp3) is 0.200. The van der Waals surface area contributed by atoms with Crippen LogP contribution in [0, 0.1) is 21.4 Å². The fourth-order valence-electron chi connectivity index (χ4n) is 1.30. The van der Waals surface area contributed by atoms with Gasteiger partial charge in [0, 0.05) is 18.0 Å². The van der Waals surface area contributed by atoms with Gasteiger partial charge in [0.2, 0.25) is 0 Å². The van der Waals surface area contributed by atoms with Gasteiger partial charge in [0.05, 0.1) is 29.2 Å². The number of benzene rings is 1. The van der Waals surface area contributed by atoms with Crippen molar-refractivity contribution in [2.45, 2.75) is 5.88 Å². The Balaban J connectivity index is 3.55. The average Bonchev–Trinajstić information content (AvgIpc) is 2.35. The molecule has 0 aliphatic heterocycles. The number of hydrogen-bond acceptors (Lipinski definition) is 5. The molecule has 0 N–H and O–H groups in total. The minimum absolute atomic E-state index is 0.00500. The van der Waals surface area contributed by atoms with Crippen LogP contribution in [0.5, 0.6) is 0 Å². The van der Waals surface area contributed by atoms with Crippen molar-refractivity contribution in [2.24, 2.45) is 0 Å². The van der Waals surface area contributed by atoms with E-state index in [1.54, 1.807) is 6.07 Å². The van der Waals surface area contributed by atoms with Gasteiger partial charge in [-0.1, -0.05) is 0 Å². The number of carbonyl (C=O) groups excluding carboxylic acids is 1. The topological polar surface area (TPSA) is 93.2 Å². The molecule has 0 radical (unpaired) electrons. The van der Waals surface area contributed by atoms with Crippen LogP contribution in [0.15, 0.2) is 12.1 Å². The Kier molecular flexibility index (Phi) is 4.01. The molecule has 0 amide bonds. The van der Waals surface area contributed by atoms with Gasteiger partial charge < -0.3 is 4.74 Å². The van der Waals surface area contributed by atoms with Crippen LogP contribution in [0.2, 0.25) is 0 Å². The lowest BCUT2D eigenvalue weighted by Crippen LogP contribution is -2.08. The fourth-order valence-corrected chi connectivity index (χ4v) is 1.59. The SMILES string of the molecule is COC(=O)c1cc([N+](=O)[O-])cc(C#N)c1CCl. The Labute approximate surface area is 102 Å². The zero-order chi connectivity index (χ0) is 13.0. The van der Waals surface area contributed by atoms with Gasteiger partial charge in [0.25, 0.3) is 5.69 Å². The molecule has 7 heteroatoms. The van der Waals surface area contributed by atoms with Crippen LogP contribution in [-0.2, 0) is 10.6 Å². The standard InChI is InChI=1S/C10H7ClN2O4/c1-17-10(14)8-3-7(13(15)16)2-6(5-12)9(8)4-11/h2-3H,4H2,1H3. The van der Waals surface area contributed by atoms with E-state index in [-0.39, 0.29) is 28.3 Å². The zero-order valence-corrected chi connectivity index (χ0v) is 9.52. The number of non-ortho nitro benzene ring substituents is 1. The van der Waals surface area contributed by atoms with Crippen molar-refractivity contribution in [1.82, 2.24) is 0 Å². The first-order valence-corrected chi connectivity index (χ1v) is 4.94. The molecule has 17 heavy (non-hydrogen) atoms. The second-order valence-electron chi connectivity index (χ2n) is 3.01. The number of rotatable bonds is 3. The van der Waals surface area contributed by atoms with E-state index in [9.17, 15) is 14.9 Å². The van der Waals surface area contributed by atoms with Crippen molar-refractivity contribution < 1.29 is 14.5 Å². The summed E-state index contributed by atoms with van der Waals surface area (Å²) in [6.07, 6.45) is 0. The molecular formula is C10H7ClN2O4. The predicted molar refractivity (Wildman–Crippen MR) is 58.7 cm³/mol. The number of nitriles is 1. The molecule has 0 aliphatic rings. The Morgan fingerprint density at radius 2 is 2.29 bits per heavy atom. The van der Waals surface area contributed by atoms with Crippen LogP contribution >= 0.6 is 11.6 Å². The molecule has 0 saturated heterocycles. The summed E-state index contributed by atoms with van der Waals surface area (Å²) in [5.41, 5.74) is -0.190. The summed E-state index contributed by atoms with van der Waals surface area (Å²) in [6.45, 7) is 0. The number of nitro benzene ring substituents is 1. The summed E-state index contributed by atoms with van der Waals surface area (Å²) in [7, 11) is 1.14. The molecule has 0 unspecified atom stereocenters. The van der Waals surface area contributed by atoms with E-state index in [2.05, 4.69) is 4.74 Å². The number of nitro groups is 1. The third-order valence-corrected chi connectivity index (χ3v) is 2.37. The first-order valence-electron chi connectivity index (χ1n) is 4.40. The molecule has 0 fully saturated rings. The van der Waals surface area contributed by atoms with Crippen molar-refractivity contribution in [3.63, 3.8) is 0 Å². The average molecular weight is 255 g/mol. The van der Waals surface area contributed by atoms with Crippen molar-refractivity contribution in [1.29, 1.82) is 5.26 Å².